The van der Waals surface area contributed by atoms with Crippen LogP contribution in [0.25, 0.3) is 12.2 Å². The second-order valence-corrected chi connectivity index (χ2v) is 8.63. The number of carbonyl (C=O) groups excluding carboxylic acids is 2. The lowest BCUT2D eigenvalue weighted by molar-refractivity contribution is 0.0733. The van der Waals surface area contributed by atoms with Crippen LogP contribution in [0.2, 0.25) is 5.15 Å². The molecule has 0 fully saturated rings. The number of nitrogens with zero attached hydrogens (tertiary/aromatic N) is 1. The van der Waals surface area contributed by atoms with E-state index in [1.807, 2.05) is 13.8 Å². The number of benzene rings is 2. The van der Waals surface area contributed by atoms with Gasteiger partial charge in [-0.25, -0.2) is 9.78 Å². The van der Waals surface area contributed by atoms with E-state index in [-0.39, 0.29) is 27.8 Å². The third kappa shape index (κ3) is 5.20. The zero-order valence-electron chi connectivity index (χ0n) is 19.2. The Labute approximate surface area is 207 Å². The maximum Gasteiger partial charge on any atom is 0.345 e. The fourth-order valence-corrected chi connectivity index (χ4v) is 3.70. The van der Waals surface area contributed by atoms with Gasteiger partial charge in [-0.2, -0.15) is 0 Å². The number of hydrogen-bond acceptors (Lipinski definition) is 7. The number of fused-ring (bicyclic) bond motifs is 1. The molecule has 0 amide bonds. The van der Waals surface area contributed by atoms with Crippen LogP contribution in [0.5, 0.6) is 23.0 Å². The van der Waals surface area contributed by atoms with Crippen molar-refractivity contribution in [1.29, 1.82) is 0 Å². The number of aromatic nitrogens is 1. The fraction of sp³-hybridized carbons (Fsp3) is 0.148. The molecule has 2 heterocycles. The molecule has 0 saturated heterocycles. The van der Waals surface area contributed by atoms with Crippen molar-refractivity contribution in [3.05, 3.63) is 88.2 Å². The van der Waals surface area contributed by atoms with Gasteiger partial charge in [-0.05, 0) is 55.8 Å². The Bertz CT molecular complexity index is 1360. The van der Waals surface area contributed by atoms with E-state index in [2.05, 4.69) is 4.98 Å². The maximum atomic E-state index is 13.1. The van der Waals surface area contributed by atoms with E-state index < -0.39 is 17.4 Å². The quantitative estimate of drug-likeness (QED) is 0.154. The molecule has 7 nitrogen and oxygen atoms in total. The van der Waals surface area contributed by atoms with Gasteiger partial charge in [-0.15, -0.1) is 0 Å². The van der Waals surface area contributed by atoms with Crippen LogP contribution in [0.4, 0.5) is 0 Å². The second kappa shape index (κ2) is 9.64. The van der Waals surface area contributed by atoms with E-state index in [0.717, 1.165) is 0 Å². The topological polar surface area (TPSA) is 95.0 Å². The number of allylic oxidation sites excluding steroid dienone is 1. The number of aromatic hydroxyl groups is 1. The van der Waals surface area contributed by atoms with Gasteiger partial charge in [0.25, 0.3) is 0 Å². The number of pyridine rings is 1. The van der Waals surface area contributed by atoms with Crippen LogP contribution in [0.15, 0.2) is 60.8 Å². The normalized spacial score (nSPS) is 13.7. The number of hydrogen-bond donors (Lipinski definition) is 1. The molecule has 0 atom stereocenters. The zero-order chi connectivity index (χ0) is 25.2. The number of para-hydroxylation sites is 1. The molecule has 0 bridgehead atoms. The van der Waals surface area contributed by atoms with Crippen molar-refractivity contribution in [3.8, 4) is 23.0 Å². The van der Waals surface area contributed by atoms with Crippen molar-refractivity contribution in [2.75, 3.05) is 7.11 Å². The van der Waals surface area contributed by atoms with E-state index in [9.17, 15) is 14.7 Å². The highest BCUT2D eigenvalue weighted by Crippen LogP contribution is 2.43. The highest BCUT2D eigenvalue weighted by Gasteiger charge is 2.28. The Morgan fingerprint density at radius 2 is 1.91 bits per heavy atom. The summed E-state index contributed by atoms with van der Waals surface area (Å²) in [4.78, 5) is 29.8. The van der Waals surface area contributed by atoms with Gasteiger partial charge in [0, 0.05) is 12.3 Å². The lowest BCUT2D eigenvalue weighted by Crippen LogP contribution is -2.27. The Morgan fingerprint density at radius 1 is 1.17 bits per heavy atom. The van der Waals surface area contributed by atoms with E-state index in [4.69, 9.17) is 25.8 Å². The van der Waals surface area contributed by atoms with Gasteiger partial charge in [-0.3, -0.25) is 4.79 Å². The standard InChI is InChI=1S/C27H22ClNO6/c1-27(2)12-11-18-21(35-27)14-22(33-3)24(25(18)31)20(30)10-9-16-13-23(28)29-15-19(16)26(32)34-17-7-5-4-6-8-17/h4-15,31H,1-3H3/b10-9+. The summed E-state index contributed by atoms with van der Waals surface area (Å²) < 4.78 is 16.6. The van der Waals surface area contributed by atoms with Crippen LogP contribution in [-0.2, 0) is 0 Å². The molecule has 8 heteroatoms. The molecule has 178 valence electrons. The molecule has 1 aromatic heterocycles. The van der Waals surface area contributed by atoms with Gasteiger partial charge in [0.1, 0.15) is 39.3 Å². The summed E-state index contributed by atoms with van der Waals surface area (Å²) in [6.45, 7) is 3.75. The molecule has 2 aromatic carbocycles. The minimum Gasteiger partial charge on any atom is -0.506 e. The molecule has 0 unspecified atom stereocenters. The summed E-state index contributed by atoms with van der Waals surface area (Å²) in [5.74, 6) is -0.558. The predicted octanol–water partition coefficient (Wildman–Crippen LogP) is 5.75. The number of methoxy groups -OCH3 is 1. The van der Waals surface area contributed by atoms with Crippen LogP contribution in [0.3, 0.4) is 0 Å². The Morgan fingerprint density at radius 3 is 2.63 bits per heavy atom. The minimum absolute atomic E-state index is 0.0379. The van der Waals surface area contributed by atoms with Gasteiger partial charge < -0.3 is 19.3 Å². The maximum absolute atomic E-state index is 13.1. The molecule has 3 aromatic rings. The fourth-order valence-electron chi connectivity index (χ4n) is 3.53. The van der Waals surface area contributed by atoms with Gasteiger partial charge >= 0.3 is 5.97 Å². The summed E-state index contributed by atoms with van der Waals surface area (Å²) >= 11 is 6.03. The molecule has 1 N–H and O–H groups in total. The average molecular weight is 492 g/mol. The molecular weight excluding hydrogens is 470 g/mol. The van der Waals surface area contributed by atoms with Crippen LogP contribution < -0.4 is 14.2 Å². The number of phenolic OH excluding ortho intramolecular Hbond substituents is 1. The van der Waals surface area contributed by atoms with Crippen molar-refractivity contribution < 1.29 is 28.9 Å². The Hall–Kier alpha value is -4.10. The van der Waals surface area contributed by atoms with E-state index in [1.54, 1.807) is 48.6 Å². The van der Waals surface area contributed by atoms with Crippen LogP contribution in [0, 0.1) is 0 Å². The molecule has 0 radical (unpaired) electrons. The molecule has 0 spiro atoms. The van der Waals surface area contributed by atoms with Gasteiger partial charge in [-0.1, -0.05) is 35.9 Å². The Balaban J connectivity index is 1.67. The first-order chi connectivity index (χ1) is 16.7. The number of phenols is 1. The van der Waals surface area contributed by atoms with Crippen molar-refractivity contribution in [1.82, 2.24) is 4.98 Å². The van der Waals surface area contributed by atoms with E-state index in [1.165, 1.54) is 31.5 Å². The van der Waals surface area contributed by atoms with Gasteiger partial charge in [0.2, 0.25) is 0 Å². The van der Waals surface area contributed by atoms with Crippen molar-refractivity contribution >= 4 is 35.5 Å². The van der Waals surface area contributed by atoms with Crippen molar-refractivity contribution in [3.63, 3.8) is 0 Å². The first-order valence-corrected chi connectivity index (χ1v) is 11.0. The summed E-state index contributed by atoms with van der Waals surface area (Å²) in [6, 6.07) is 11.6. The van der Waals surface area contributed by atoms with Crippen LogP contribution >= 0.6 is 11.6 Å². The highest BCUT2D eigenvalue weighted by atomic mass is 35.5. The summed E-state index contributed by atoms with van der Waals surface area (Å²) in [5.41, 5.74) is 0.203. The smallest absolute Gasteiger partial charge is 0.345 e. The number of esters is 1. The molecule has 1 aliphatic heterocycles. The SMILES string of the molecule is COc1cc2c(c(O)c1C(=O)/C=C/c1cc(Cl)ncc1C(=O)Oc1ccccc1)C=CC(C)(C)O2. The molecular formula is C27H22ClNO6. The van der Waals surface area contributed by atoms with Crippen molar-refractivity contribution in [2.45, 2.75) is 19.4 Å². The van der Waals surface area contributed by atoms with Gasteiger partial charge in [0.15, 0.2) is 5.78 Å². The number of rotatable bonds is 6. The number of ketones is 1. The lowest BCUT2D eigenvalue weighted by atomic mass is 9.97. The average Bonchev–Trinajstić information content (AvgIpc) is 2.82. The third-order valence-electron chi connectivity index (χ3n) is 5.25. The largest absolute Gasteiger partial charge is 0.506 e. The molecule has 0 saturated carbocycles. The summed E-state index contributed by atoms with van der Waals surface area (Å²) in [5, 5.41) is 11.0. The number of halogens is 1. The van der Waals surface area contributed by atoms with Crippen molar-refractivity contribution in [2.24, 2.45) is 0 Å². The molecule has 4 rings (SSSR count). The minimum atomic E-state index is -0.661. The first kappa shape index (κ1) is 24.0. The summed E-state index contributed by atoms with van der Waals surface area (Å²) in [7, 11) is 1.39. The Kier molecular flexibility index (Phi) is 6.62. The third-order valence-corrected chi connectivity index (χ3v) is 5.45. The first-order valence-electron chi connectivity index (χ1n) is 10.7. The molecule has 0 aliphatic carbocycles. The second-order valence-electron chi connectivity index (χ2n) is 8.25. The zero-order valence-corrected chi connectivity index (χ0v) is 20.0. The number of carbonyl (C=O) groups is 2. The van der Waals surface area contributed by atoms with Crippen LogP contribution in [-0.4, -0.2) is 34.6 Å². The number of ether oxygens (including phenoxy) is 3. The molecule has 35 heavy (non-hydrogen) atoms. The lowest BCUT2D eigenvalue weighted by Gasteiger charge is -2.29. The van der Waals surface area contributed by atoms with Gasteiger partial charge in [0.05, 0.1) is 18.2 Å². The predicted molar refractivity (Wildman–Crippen MR) is 132 cm³/mol. The molecule has 1 aliphatic rings. The highest BCUT2D eigenvalue weighted by molar-refractivity contribution is 6.29. The summed E-state index contributed by atoms with van der Waals surface area (Å²) in [6.07, 6.45) is 7.39. The van der Waals surface area contributed by atoms with E-state index >= 15 is 0 Å². The van der Waals surface area contributed by atoms with Crippen LogP contribution in [0.1, 0.15) is 45.7 Å². The monoisotopic (exact) mass is 491 g/mol. The van der Waals surface area contributed by atoms with E-state index in [0.29, 0.717) is 22.6 Å².